The van der Waals surface area contributed by atoms with Crippen molar-refractivity contribution in [2.24, 2.45) is 0 Å². The van der Waals surface area contributed by atoms with E-state index in [1.165, 1.54) is 19.2 Å². The molecule has 0 aromatic heterocycles. The number of rotatable bonds is 6. The second-order valence-corrected chi connectivity index (χ2v) is 5.05. The Bertz CT molecular complexity index is 772. The van der Waals surface area contributed by atoms with E-state index in [2.05, 4.69) is 9.47 Å². The van der Waals surface area contributed by atoms with E-state index in [9.17, 15) is 19.2 Å². The van der Waals surface area contributed by atoms with Gasteiger partial charge in [-0.3, -0.25) is 4.79 Å². The number of carbonyl (C=O) groups excluding carboxylic acids is 2. The SMILES string of the molecule is CC.COC(=O)c1ccccc1.O=C(O)CC(OC(=O)c1ccccc1)C(=O)O. The number of hydrogen-bond acceptors (Lipinski definition) is 6. The lowest BCUT2D eigenvalue weighted by molar-refractivity contribution is -0.153. The van der Waals surface area contributed by atoms with Crippen molar-refractivity contribution < 1.29 is 38.9 Å². The molecule has 0 aliphatic rings. The highest BCUT2D eigenvalue weighted by Crippen LogP contribution is 2.07. The first-order valence-corrected chi connectivity index (χ1v) is 8.69. The van der Waals surface area contributed by atoms with Crippen LogP contribution in [-0.2, 0) is 19.1 Å². The molecule has 1 atom stereocenters. The lowest BCUT2D eigenvalue weighted by Gasteiger charge is -2.11. The summed E-state index contributed by atoms with van der Waals surface area (Å²) in [5, 5.41) is 17.1. The van der Waals surface area contributed by atoms with Gasteiger partial charge in [-0.2, -0.15) is 0 Å². The fourth-order valence-electron chi connectivity index (χ4n) is 1.80. The first-order valence-electron chi connectivity index (χ1n) is 8.69. The van der Waals surface area contributed by atoms with Gasteiger partial charge in [-0.15, -0.1) is 0 Å². The summed E-state index contributed by atoms with van der Waals surface area (Å²) in [5.41, 5.74) is 0.758. The van der Waals surface area contributed by atoms with Crippen molar-refractivity contribution in [3.05, 3.63) is 71.8 Å². The van der Waals surface area contributed by atoms with Gasteiger partial charge in [0.05, 0.1) is 24.7 Å². The van der Waals surface area contributed by atoms with Gasteiger partial charge in [0.1, 0.15) is 0 Å². The van der Waals surface area contributed by atoms with Crippen molar-refractivity contribution in [1.29, 1.82) is 0 Å². The molecule has 29 heavy (non-hydrogen) atoms. The Balaban J connectivity index is 0.000000554. The molecule has 2 rings (SSSR count). The molecule has 0 saturated carbocycles. The molecule has 0 bridgehead atoms. The van der Waals surface area contributed by atoms with Crippen LogP contribution in [0.15, 0.2) is 60.7 Å². The van der Waals surface area contributed by atoms with Gasteiger partial charge in [0.2, 0.25) is 6.10 Å². The smallest absolute Gasteiger partial charge is 0.345 e. The van der Waals surface area contributed by atoms with Crippen molar-refractivity contribution in [2.75, 3.05) is 7.11 Å². The topological polar surface area (TPSA) is 127 Å². The lowest BCUT2D eigenvalue weighted by atomic mass is 10.2. The Kier molecular flexibility index (Phi) is 12.6. The minimum Gasteiger partial charge on any atom is -0.481 e. The standard InChI is InChI=1S/C11H10O6.C8H8O2.C2H6/c12-9(13)6-8(10(14)15)17-11(16)7-4-2-1-3-5-7;1-10-8(9)7-5-3-2-4-6-7;1-2/h1-5,8H,6H2,(H,12,13)(H,14,15);2-6H,1H3;1-2H3. The molecular weight excluding hydrogens is 380 g/mol. The molecule has 156 valence electrons. The molecule has 0 aliphatic carbocycles. The Morgan fingerprint density at radius 2 is 1.21 bits per heavy atom. The number of hydrogen-bond donors (Lipinski definition) is 2. The molecule has 0 saturated heterocycles. The molecule has 0 radical (unpaired) electrons. The Labute approximate surface area is 168 Å². The molecule has 2 N–H and O–H groups in total. The average molecular weight is 404 g/mol. The van der Waals surface area contributed by atoms with E-state index in [4.69, 9.17) is 10.2 Å². The van der Waals surface area contributed by atoms with Gasteiger partial charge in [-0.05, 0) is 24.3 Å². The van der Waals surface area contributed by atoms with Crippen LogP contribution in [0.2, 0.25) is 0 Å². The van der Waals surface area contributed by atoms with Crippen LogP contribution >= 0.6 is 0 Å². The summed E-state index contributed by atoms with van der Waals surface area (Å²) in [6, 6.07) is 16.6. The van der Waals surface area contributed by atoms with Gasteiger partial charge in [0.15, 0.2) is 0 Å². The molecule has 0 heterocycles. The largest absolute Gasteiger partial charge is 0.481 e. The molecule has 8 nitrogen and oxygen atoms in total. The average Bonchev–Trinajstić information content (AvgIpc) is 2.75. The summed E-state index contributed by atoms with van der Waals surface area (Å²) in [5.74, 6) is -3.99. The van der Waals surface area contributed by atoms with E-state index in [1.54, 1.807) is 42.5 Å². The van der Waals surface area contributed by atoms with Gasteiger partial charge >= 0.3 is 23.9 Å². The highest BCUT2D eigenvalue weighted by Gasteiger charge is 2.25. The first-order chi connectivity index (χ1) is 13.8. The second kappa shape index (κ2) is 14.4. The maximum absolute atomic E-state index is 11.5. The van der Waals surface area contributed by atoms with Crippen molar-refractivity contribution in [1.82, 2.24) is 0 Å². The van der Waals surface area contributed by atoms with Gasteiger partial charge in [0.25, 0.3) is 0 Å². The fraction of sp³-hybridized carbons (Fsp3) is 0.238. The number of ether oxygens (including phenoxy) is 2. The number of carboxylic acids is 2. The number of carbonyl (C=O) groups is 4. The Morgan fingerprint density at radius 3 is 1.55 bits per heavy atom. The zero-order valence-corrected chi connectivity index (χ0v) is 16.4. The molecule has 0 fully saturated rings. The van der Waals surface area contributed by atoms with E-state index >= 15 is 0 Å². The first kappa shape index (κ1) is 25.3. The molecule has 1 unspecified atom stereocenters. The third-order valence-corrected chi connectivity index (χ3v) is 3.09. The van der Waals surface area contributed by atoms with E-state index in [-0.39, 0.29) is 11.5 Å². The molecule has 0 aliphatic heterocycles. The maximum atomic E-state index is 11.5. The zero-order chi connectivity index (χ0) is 22.2. The normalized spacial score (nSPS) is 10.0. The summed E-state index contributed by atoms with van der Waals surface area (Å²) in [7, 11) is 1.37. The maximum Gasteiger partial charge on any atom is 0.345 e. The summed E-state index contributed by atoms with van der Waals surface area (Å²) >= 11 is 0. The number of esters is 2. The molecule has 8 heteroatoms. The molecular formula is C21H24O8. The van der Waals surface area contributed by atoms with Gasteiger partial charge < -0.3 is 19.7 Å². The van der Waals surface area contributed by atoms with Crippen LogP contribution in [0.1, 0.15) is 41.0 Å². The molecule has 0 spiro atoms. The minimum absolute atomic E-state index is 0.170. The van der Waals surface area contributed by atoms with Crippen LogP contribution in [0, 0.1) is 0 Å². The molecule has 2 aromatic rings. The number of benzene rings is 2. The summed E-state index contributed by atoms with van der Waals surface area (Å²) in [6.45, 7) is 4.00. The third-order valence-electron chi connectivity index (χ3n) is 3.09. The van der Waals surface area contributed by atoms with Crippen LogP contribution in [-0.4, -0.2) is 47.3 Å². The predicted molar refractivity (Wildman–Crippen MR) is 105 cm³/mol. The monoisotopic (exact) mass is 404 g/mol. The second-order valence-electron chi connectivity index (χ2n) is 5.05. The fourth-order valence-corrected chi connectivity index (χ4v) is 1.80. The number of carboxylic acid groups (broad SMARTS) is 2. The van der Waals surface area contributed by atoms with Crippen molar-refractivity contribution in [3.63, 3.8) is 0 Å². The Hall–Kier alpha value is -3.68. The van der Waals surface area contributed by atoms with Gasteiger partial charge in [0, 0.05) is 0 Å². The van der Waals surface area contributed by atoms with Gasteiger partial charge in [-0.1, -0.05) is 50.2 Å². The van der Waals surface area contributed by atoms with Crippen LogP contribution in [0.4, 0.5) is 0 Å². The minimum atomic E-state index is -1.68. The van der Waals surface area contributed by atoms with Crippen LogP contribution < -0.4 is 0 Å². The zero-order valence-electron chi connectivity index (χ0n) is 16.4. The quantitative estimate of drug-likeness (QED) is 0.702. The van der Waals surface area contributed by atoms with Gasteiger partial charge in [-0.25, -0.2) is 14.4 Å². The van der Waals surface area contributed by atoms with E-state index in [0.29, 0.717) is 5.56 Å². The van der Waals surface area contributed by atoms with E-state index in [1.807, 2.05) is 19.9 Å². The van der Waals surface area contributed by atoms with Crippen molar-refractivity contribution in [2.45, 2.75) is 26.4 Å². The highest BCUT2D eigenvalue weighted by molar-refractivity contribution is 5.92. The third kappa shape index (κ3) is 10.3. The van der Waals surface area contributed by atoms with Crippen LogP contribution in [0.5, 0.6) is 0 Å². The highest BCUT2D eigenvalue weighted by atomic mass is 16.6. The summed E-state index contributed by atoms with van der Waals surface area (Å²) in [6.07, 6.45) is -2.45. The van der Waals surface area contributed by atoms with Crippen molar-refractivity contribution in [3.8, 4) is 0 Å². The number of methoxy groups -OCH3 is 1. The van der Waals surface area contributed by atoms with Crippen LogP contribution in [0.3, 0.4) is 0 Å². The lowest BCUT2D eigenvalue weighted by Crippen LogP contribution is -2.29. The van der Waals surface area contributed by atoms with E-state index in [0.717, 1.165) is 0 Å². The van der Waals surface area contributed by atoms with Crippen LogP contribution in [0.25, 0.3) is 0 Å². The van der Waals surface area contributed by atoms with E-state index < -0.39 is 30.4 Å². The summed E-state index contributed by atoms with van der Waals surface area (Å²) < 4.78 is 9.09. The van der Waals surface area contributed by atoms with Crippen molar-refractivity contribution >= 4 is 23.9 Å². The predicted octanol–water partition coefficient (Wildman–Crippen LogP) is 3.27. The molecule has 2 aromatic carbocycles. The number of aliphatic carboxylic acids is 2. The summed E-state index contributed by atoms with van der Waals surface area (Å²) in [4.78, 5) is 43.3. The molecule has 0 amide bonds. The Morgan fingerprint density at radius 1 is 0.793 bits per heavy atom.